The molecule has 0 saturated carbocycles. The smallest absolute Gasteiger partial charge is 0.229 e. The van der Waals surface area contributed by atoms with Crippen LogP contribution in [0, 0.1) is 0 Å². The average Bonchev–Trinajstić information content (AvgIpc) is 3.63. The number of benzene rings is 1. The summed E-state index contributed by atoms with van der Waals surface area (Å²) in [5.41, 5.74) is 4.64. The van der Waals surface area contributed by atoms with E-state index in [1.165, 1.54) is 6.92 Å². The molecule has 40 heavy (non-hydrogen) atoms. The van der Waals surface area contributed by atoms with E-state index >= 15 is 0 Å². The summed E-state index contributed by atoms with van der Waals surface area (Å²) in [4.78, 5) is 16.7. The zero-order chi connectivity index (χ0) is 29.9. The number of aliphatic hydroxyl groups is 1. The third-order valence-corrected chi connectivity index (χ3v) is 5.02. The van der Waals surface area contributed by atoms with Crippen molar-refractivity contribution < 1.29 is 9.90 Å². The lowest BCUT2D eigenvalue weighted by Gasteiger charge is -2.04. The van der Waals surface area contributed by atoms with Crippen LogP contribution in [-0.2, 0) is 13.6 Å². The Hall–Kier alpha value is -4.37. The van der Waals surface area contributed by atoms with Crippen LogP contribution in [0.4, 0.5) is 0 Å². The summed E-state index contributed by atoms with van der Waals surface area (Å²) >= 11 is 0. The highest BCUT2D eigenvalue weighted by Crippen LogP contribution is 2.31. The van der Waals surface area contributed by atoms with E-state index in [1.807, 2.05) is 76.6 Å². The highest BCUT2D eigenvalue weighted by Gasteiger charge is 2.17. The Bertz CT molecular complexity index is 1500. The standard InChI is InChI=1S/C22H19N7O.C4H10O.C3H6.C2H6/c1-15(30)29-13-20(21-14-28(26-25-21)11-16-6-4-3-5-7-16)19-8-17(9-23-22(19)29)18-10-24-27(2)12-18;1-4(2,3)5;1-3-2;1-2/h3-10,12-14H,11H2,1-2H3;5H,1-3H3;3H,1H2,2H3;1-2H3. The van der Waals surface area contributed by atoms with Gasteiger partial charge >= 0.3 is 0 Å². The number of fused-ring (bicyclic) bond motifs is 1. The van der Waals surface area contributed by atoms with Crippen LogP contribution in [-0.4, -0.2) is 50.9 Å². The number of hydrogen-bond donors (Lipinski definition) is 1. The lowest BCUT2D eigenvalue weighted by molar-refractivity contribution is 0.0940. The van der Waals surface area contributed by atoms with E-state index in [1.54, 1.807) is 59.4 Å². The van der Waals surface area contributed by atoms with E-state index in [0.717, 1.165) is 27.6 Å². The molecule has 0 aliphatic carbocycles. The van der Waals surface area contributed by atoms with Crippen molar-refractivity contribution in [3.63, 3.8) is 0 Å². The number of carbonyl (C=O) groups is 1. The van der Waals surface area contributed by atoms with Gasteiger partial charge < -0.3 is 5.11 Å². The van der Waals surface area contributed by atoms with Gasteiger partial charge in [0.05, 0.1) is 24.5 Å². The van der Waals surface area contributed by atoms with Gasteiger partial charge in [-0.05, 0) is 39.3 Å². The molecule has 1 N–H and O–H groups in total. The molecule has 0 aliphatic heterocycles. The van der Waals surface area contributed by atoms with E-state index in [0.29, 0.717) is 17.9 Å². The van der Waals surface area contributed by atoms with Crippen LogP contribution in [0.5, 0.6) is 0 Å². The normalized spacial score (nSPS) is 10.4. The second kappa shape index (κ2) is 14.7. The van der Waals surface area contributed by atoms with Crippen molar-refractivity contribution in [3.8, 4) is 22.4 Å². The van der Waals surface area contributed by atoms with Crippen LogP contribution < -0.4 is 0 Å². The monoisotopic (exact) mass is 543 g/mol. The predicted octanol–water partition coefficient (Wildman–Crippen LogP) is 6.40. The molecule has 5 rings (SSSR count). The minimum Gasteiger partial charge on any atom is -0.391 e. The molecule has 0 amide bonds. The second-order valence-electron chi connectivity index (χ2n) is 9.80. The first kappa shape index (κ1) is 31.8. The molecule has 0 radical (unpaired) electrons. The Balaban J connectivity index is 0.000000491. The van der Waals surface area contributed by atoms with Gasteiger partial charge in [0.1, 0.15) is 11.3 Å². The Kier molecular flexibility index (Phi) is 11.7. The Morgan fingerprint density at radius 3 is 2.23 bits per heavy atom. The van der Waals surface area contributed by atoms with Gasteiger partial charge in [-0.3, -0.25) is 14.0 Å². The van der Waals surface area contributed by atoms with Gasteiger partial charge in [-0.25, -0.2) is 9.67 Å². The summed E-state index contributed by atoms with van der Waals surface area (Å²) in [5, 5.41) is 22.2. The van der Waals surface area contributed by atoms with Crippen molar-refractivity contribution >= 4 is 16.9 Å². The van der Waals surface area contributed by atoms with E-state index < -0.39 is 5.60 Å². The van der Waals surface area contributed by atoms with Crippen LogP contribution in [0.2, 0.25) is 0 Å². The lowest BCUT2D eigenvalue weighted by Crippen LogP contribution is -2.10. The topological polar surface area (TPSA) is 104 Å². The fourth-order valence-corrected chi connectivity index (χ4v) is 3.55. The number of aryl methyl sites for hydroxylation is 1. The van der Waals surface area contributed by atoms with Crippen molar-refractivity contribution in [2.45, 2.75) is 60.6 Å². The van der Waals surface area contributed by atoms with Crippen molar-refractivity contribution in [2.24, 2.45) is 7.05 Å². The summed E-state index contributed by atoms with van der Waals surface area (Å²) in [6.45, 7) is 16.6. The highest BCUT2D eigenvalue weighted by molar-refractivity contribution is 6.00. The maximum Gasteiger partial charge on any atom is 0.229 e. The van der Waals surface area contributed by atoms with Gasteiger partial charge in [-0.15, -0.1) is 11.7 Å². The second-order valence-corrected chi connectivity index (χ2v) is 9.80. The Morgan fingerprint density at radius 2 is 1.68 bits per heavy atom. The van der Waals surface area contributed by atoms with Gasteiger partial charge in [-0.1, -0.05) is 55.5 Å². The van der Waals surface area contributed by atoms with E-state index in [9.17, 15) is 4.79 Å². The maximum absolute atomic E-state index is 12.2. The first-order valence-corrected chi connectivity index (χ1v) is 13.2. The summed E-state index contributed by atoms with van der Waals surface area (Å²) in [6, 6.07) is 12.1. The fourth-order valence-electron chi connectivity index (χ4n) is 3.55. The molecule has 0 saturated heterocycles. The SMILES string of the molecule is C=CC.CC.CC(=O)n1cc(-c2cn(Cc3ccccc3)nn2)c2cc(-c3cnn(C)c3)cnc21.CC(C)(C)O. The number of rotatable bonds is 4. The first-order valence-electron chi connectivity index (χ1n) is 13.2. The number of carbonyl (C=O) groups excluding carboxylic acids is 1. The molecule has 0 spiro atoms. The number of pyridine rings is 1. The van der Waals surface area contributed by atoms with E-state index in [2.05, 4.69) is 27.0 Å². The third-order valence-electron chi connectivity index (χ3n) is 5.02. The van der Waals surface area contributed by atoms with Crippen LogP contribution >= 0.6 is 0 Å². The first-order chi connectivity index (χ1) is 19.0. The molecule has 5 aromatic rings. The van der Waals surface area contributed by atoms with Gasteiger partial charge in [0.25, 0.3) is 0 Å². The third kappa shape index (κ3) is 9.13. The zero-order valence-corrected chi connectivity index (χ0v) is 24.8. The van der Waals surface area contributed by atoms with Crippen molar-refractivity contribution in [1.29, 1.82) is 0 Å². The molecule has 4 aromatic heterocycles. The zero-order valence-electron chi connectivity index (χ0n) is 24.8. The van der Waals surface area contributed by atoms with Crippen LogP contribution in [0.15, 0.2) is 80.0 Å². The molecular weight excluding hydrogens is 502 g/mol. The molecule has 0 unspecified atom stereocenters. The van der Waals surface area contributed by atoms with Crippen LogP contribution in [0.3, 0.4) is 0 Å². The highest BCUT2D eigenvalue weighted by atomic mass is 16.3. The Morgan fingerprint density at radius 1 is 1.05 bits per heavy atom. The molecule has 0 aliphatic rings. The fraction of sp³-hybridized carbons (Fsp3) is 0.323. The minimum absolute atomic E-state index is 0.107. The van der Waals surface area contributed by atoms with Crippen LogP contribution in [0.1, 0.15) is 58.8 Å². The van der Waals surface area contributed by atoms with Gasteiger partial charge in [0.15, 0.2) is 0 Å². The lowest BCUT2D eigenvalue weighted by atomic mass is 10.1. The van der Waals surface area contributed by atoms with E-state index in [4.69, 9.17) is 5.11 Å². The summed E-state index contributed by atoms with van der Waals surface area (Å²) in [5.74, 6) is -0.107. The largest absolute Gasteiger partial charge is 0.391 e. The van der Waals surface area contributed by atoms with Crippen molar-refractivity contribution in [2.75, 3.05) is 0 Å². The van der Waals surface area contributed by atoms with Gasteiger partial charge in [-0.2, -0.15) is 5.10 Å². The predicted molar refractivity (Wildman–Crippen MR) is 162 cm³/mol. The minimum atomic E-state index is -0.500. The Labute approximate surface area is 236 Å². The number of nitrogens with zero attached hydrogens (tertiary/aromatic N) is 7. The average molecular weight is 544 g/mol. The number of allylic oxidation sites excluding steroid dienone is 1. The molecule has 4 heterocycles. The summed E-state index contributed by atoms with van der Waals surface area (Å²) < 4.78 is 5.09. The number of hydrogen-bond acceptors (Lipinski definition) is 6. The molecule has 0 fully saturated rings. The summed E-state index contributed by atoms with van der Waals surface area (Å²) in [6.07, 6.45) is 10.9. The molecular formula is C31H41N7O2. The quantitative estimate of drug-likeness (QED) is 0.263. The van der Waals surface area contributed by atoms with Gasteiger partial charge in [0, 0.05) is 54.6 Å². The molecule has 0 bridgehead atoms. The van der Waals surface area contributed by atoms with Crippen molar-refractivity contribution in [1.82, 2.24) is 34.3 Å². The molecule has 9 nitrogen and oxygen atoms in total. The van der Waals surface area contributed by atoms with Crippen LogP contribution in [0.25, 0.3) is 33.4 Å². The van der Waals surface area contributed by atoms with E-state index in [-0.39, 0.29) is 5.91 Å². The van der Waals surface area contributed by atoms with Gasteiger partial charge in [0.2, 0.25) is 5.91 Å². The number of aromatic nitrogens is 7. The summed E-state index contributed by atoms with van der Waals surface area (Å²) in [7, 11) is 1.87. The molecule has 212 valence electrons. The van der Waals surface area contributed by atoms with Crippen molar-refractivity contribution in [3.05, 3.63) is 85.6 Å². The maximum atomic E-state index is 12.2. The molecule has 1 aromatic carbocycles. The molecule has 9 heteroatoms. The molecule has 0 atom stereocenters.